The van der Waals surface area contributed by atoms with Crippen molar-refractivity contribution in [3.63, 3.8) is 0 Å². The SMILES string of the molecule is COC(=O)CC=Cc1cnn([C@@H](C)C(=O)O)c1. The third-order valence-corrected chi connectivity index (χ3v) is 2.20. The number of carboxylic acid groups (broad SMARTS) is 1. The van der Waals surface area contributed by atoms with Gasteiger partial charge in [-0.3, -0.25) is 9.48 Å². The van der Waals surface area contributed by atoms with Gasteiger partial charge in [-0.15, -0.1) is 0 Å². The lowest BCUT2D eigenvalue weighted by Crippen LogP contribution is -2.15. The van der Waals surface area contributed by atoms with Crippen molar-refractivity contribution < 1.29 is 19.4 Å². The van der Waals surface area contributed by atoms with Crippen molar-refractivity contribution in [2.24, 2.45) is 0 Å². The second-order valence-electron chi connectivity index (χ2n) is 3.45. The number of nitrogens with zero attached hydrogens (tertiary/aromatic N) is 2. The lowest BCUT2D eigenvalue weighted by atomic mass is 10.3. The van der Waals surface area contributed by atoms with Crippen molar-refractivity contribution in [2.75, 3.05) is 7.11 Å². The summed E-state index contributed by atoms with van der Waals surface area (Å²) in [6.45, 7) is 1.54. The molecule has 17 heavy (non-hydrogen) atoms. The second kappa shape index (κ2) is 5.83. The predicted octanol–water partition coefficient (Wildman–Crippen LogP) is 1.10. The van der Waals surface area contributed by atoms with Crippen molar-refractivity contribution in [1.82, 2.24) is 9.78 Å². The van der Waals surface area contributed by atoms with Crippen LogP contribution in [0.3, 0.4) is 0 Å². The number of esters is 1. The van der Waals surface area contributed by atoms with Gasteiger partial charge in [0.15, 0.2) is 0 Å². The molecule has 0 aromatic carbocycles. The van der Waals surface area contributed by atoms with Gasteiger partial charge in [0.2, 0.25) is 0 Å². The average molecular weight is 238 g/mol. The topological polar surface area (TPSA) is 81.4 Å². The maximum Gasteiger partial charge on any atom is 0.328 e. The molecule has 0 saturated carbocycles. The molecule has 0 unspecified atom stereocenters. The Morgan fingerprint density at radius 3 is 2.94 bits per heavy atom. The molecule has 0 spiro atoms. The molecule has 0 aliphatic rings. The highest BCUT2D eigenvalue weighted by atomic mass is 16.5. The molecule has 0 bridgehead atoms. The van der Waals surface area contributed by atoms with Crippen LogP contribution in [-0.2, 0) is 14.3 Å². The summed E-state index contributed by atoms with van der Waals surface area (Å²) in [4.78, 5) is 21.5. The molecule has 0 aliphatic heterocycles. The molecule has 1 aromatic rings. The molecule has 0 fully saturated rings. The van der Waals surface area contributed by atoms with Gasteiger partial charge in [-0.05, 0) is 6.92 Å². The molecule has 1 N–H and O–H groups in total. The zero-order valence-electron chi connectivity index (χ0n) is 9.66. The molecule has 1 aromatic heterocycles. The minimum atomic E-state index is -0.946. The molecule has 1 atom stereocenters. The number of methoxy groups -OCH3 is 1. The van der Waals surface area contributed by atoms with Crippen LogP contribution in [0, 0.1) is 0 Å². The zero-order chi connectivity index (χ0) is 12.8. The Labute approximate surface area is 98.5 Å². The molecular formula is C11H14N2O4. The second-order valence-corrected chi connectivity index (χ2v) is 3.45. The quantitative estimate of drug-likeness (QED) is 0.777. The normalized spacial score (nSPS) is 12.6. The van der Waals surface area contributed by atoms with Gasteiger partial charge in [-0.2, -0.15) is 5.10 Å². The molecule has 1 rings (SSSR count). The van der Waals surface area contributed by atoms with Crippen LogP contribution in [0.4, 0.5) is 0 Å². The van der Waals surface area contributed by atoms with Crippen molar-refractivity contribution in [3.8, 4) is 0 Å². The van der Waals surface area contributed by atoms with Crippen LogP contribution in [0.1, 0.15) is 24.9 Å². The highest BCUT2D eigenvalue weighted by Gasteiger charge is 2.13. The molecule has 92 valence electrons. The third-order valence-electron chi connectivity index (χ3n) is 2.20. The number of hydrogen-bond acceptors (Lipinski definition) is 4. The molecule has 6 nitrogen and oxygen atoms in total. The van der Waals surface area contributed by atoms with Crippen LogP contribution in [0.25, 0.3) is 6.08 Å². The van der Waals surface area contributed by atoms with Gasteiger partial charge in [0.05, 0.1) is 19.7 Å². The van der Waals surface area contributed by atoms with E-state index in [1.54, 1.807) is 18.3 Å². The predicted molar refractivity (Wildman–Crippen MR) is 60.2 cm³/mol. The molecule has 0 aliphatic carbocycles. The lowest BCUT2D eigenvalue weighted by molar-refractivity contribution is -0.141. The molecule has 6 heteroatoms. The van der Waals surface area contributed by atoms with E-state index in [0.717, 1.165) is 5.56 Å². The fourth-order valence-corrected chi connectivity index (χ4v) is 1.14. The van der Waals surface area contributed by atoms with Crippen molar-refractivity contribution in [1.29, 1.82) is 0 Å². The summed E-state index contributed by atoms with van der Waals surface area (Å²) in [5, 5.41) is 12.7. The summed E-state index contributed by atoms with van der Waals surface area (Å²) in [7, 11) is 1.32. The highest BCUT2D eigenvalue weighted by molar-refractivity contribution is 5.72. The monoisotopic (exact) mass is 238 g/mol. The minimum absolute atomic E-state index is 0.177. The van der Waals surface area contributed by atoms with E-state index >= 15 is 0 Å². The summed E-state index contributed by atoms with van der Waals surface area (Å²) >= 11 is 0. The Balaban J connectivity index is 2.62. The van der Waals surface area contributed by atoms with Gasteiger partial charge in [-0.25, -0.2) is 4.79 Å². The number of rotatable bonds is 5. The maximum absolute atomic E-state index is 10.8. The van der Waals surface area contributed by atoms with Crippen LogP contribution in [0.5, 0.6) is 0 Å². The Morgan fingerprint density at radius 1 is 1.65 bits per heavy atom. The van der Waals surface area contributed by atoms with Crippen LogP contribution < -0.4 is 0 Å². The number of carbonyl (C=O) groups is 2. The first-order valence-corrected chi connectivity index (χ1v) is 5.05. The van der Waals surface area contributed by atoms with Gasteiger partial charge >= 0.3 is 11.9 Å². The Bertz CT molecular complexity index is 436. The van der Waals surface area contributed by atoms with Gasteiger partial charge in [0.25, 0.3) is 0 Å². The van der Waals surface area contributed by atoms with E-state index in [2.05, 4.69) is 9.84 Å². The van der Waals surface area contributed by atoms with Crippen molar-refractivity contribution in [2.45, 2.75) is 19.4 Å². The Kier molecular flexibility index (Phi) is 4.45. The largest absolute Gasteiger partial charge is 0.480 e. The number of carbonyl (C=O) groups excluding carboxylic acids is 1. The first kappa shape index (κ1) is 13.0. The summed E-state index contributed by atoms with van der Waals surface area (Å²) < 4.78 is 5.82. The summed E-state index contributed by atoms with van der Waals surface area (Å²) in [5.41, 5.74) is 0.738. The smallest absolute Gasteiger partial charge is 0.328 e. The van der Waals surface area contributed by atoms with E-state index in [0.29, 0.717) is 0 Å². The number of aromatic nitrogens is 2. The van der Waals surface area contributed by atoms with Crippen molar-refractivity contribution >= 4 is 18.0 Å². The summed E-state index contributed by atoms with van der Waals surface area (Å²) in [6.07, 6.45) is 6.64. The molecular weight excluding hydrogens is 224 g/mol. The molecule has 0 saturated heterocycles. The molecule has 0 radical (unpaired) electrons. The van der Waals surface area contributed by atoms with E-state index in [-0.39, 0.29) is 12.4 Å². The van der Waals surface area contributed by atoms with E-state index in [4.69, 9.17) is 5.11 Å². The number of hydrogen-bond donors (Lipinski definition) is 1. The summed E-state index contributed by atoms with van der Waals surface area (Å²) in [5.74, 6) is -1.27. The molecule has 1 heterocycles. The van der Waals surface area contributed by atoms with E-state index in [1.807, 2.05) is 0 Å². The van der Waals surface area contributed by atoms with Crippen molar-refractivity contribution in [3.05, 3.63) is 24.0 Å². The van der Waals surface area contributed by atoms with E-state index < -0.39 is 12.0 Å². The number of carboxylic acids is 1. The van der Waals surface area contributed by atoms with Crippen LogP contribution in [-0.4, -0.2) is 33.9 Å². The number of aliphatic carboxylic acids is 1. The van der Waals surface area contributed by atoms with E-state index in [1.165, 1.54) is 24.9 Å². The van der Waals surface area contributed by atoms with Crippen LogP contribution >= 0.6 is 0 Å². The first-order chi connectivity index (χ1) is 8.04. The van der Waals surface area contributed by atoms with Gasteiger partial charge < -0.3 is 9.84 Å². The van der Waals surface area contributed by atoms with Gasteiger partial charge in [0.1, 0.15) is 6.04 Å². The van der Waals surface area contributed by atoms with Crippen LogP contribution in [0.2, 0.25) is 0 Å². The standard InChI is InChI=1S/C11H14N2O4/c1-8(11(15)16)13-7-9(6-12-13)4-3-5-10(14)17-2/h3-4,6-8H,5H2,1-2H3,(H,15,16)/t8-/m0/s1. The van der Waals surface area contributed by atoms with Crippen LogP contribution in [0.15, 0.2) is 18.5 Å². The lowest BCUT2D eigenvalue weighted by Gasteiger charge is -2.04. The molecule has 0 amide bonds. The maximum atomic E-state index is 10.8. The average Bonchev–Trinajstić information content (AvgIpc) is 2.76. The Morgan fingerprint density at radius 2 is 2.35 bits per heavy atom. The summed E-state index contributed by atoms with van der Waals surface area (Å²) in [6, 6.07) is -0.710. The van der Waals surface area contributed by atoms with E-state index in [9.17, 15) is 9.59 Å². The third kappa shape index (κ3) is 3.75. The first-order valence-electron chi connectivity index (χ1n) is 5.05. The fraction of sp³-hybridized carbons (Fsp3) is 0.364. The number of ether oxygens (including phenoxy) is 1. The minimum Gasteiger partial charge on any atom is -0.480 e. The fourth-order valence-electron chi connectivity index (χ4n) is 1.14. The van der Waals surface area contributed by atoms with Gasteiger partial charge in [0, 0.05) is 11.8 Å². The Hall–Kier alpha value is -2.11. The highest BCUT2D eigenvalue weighted by Crippen LogP contribution is 2.08. The van der Waals surface area contributed by atoms with Gasteiger partial charge in [-0.1, -0.05) is 12.2 Å². The zero-order valence-corrected chi connectivity index (χ0v) is 9.66.